The lowest BCUT2D eigenvalue weighted by Crippen LogP contribution is -2.26. The molecule has 0 unspecified atom stereocenters. The average Bonchev–Trinajstić information content (AvgIpc) is 1.51. The van der Waals surface area contributed by atoms with E-state index in [4.69, 9.17) is 0 Å². The molecular weight excluding hydrogens is 1470 g/mol. The smallest absolute Gasteiger partial charge is 0.125 e. The van der Waals surface area contributed by atoms with Crippen molar-refractivity contribution >= 4 is 55.9 Å². The van der Waals surface area contributed by atoms with E-state index < -0.39 is 10.8 Å². The quantitative estimate of drug-likeness (QED) is 0.114. The minimum Gasteiger partial charge on any atom is -0.311 e. The third-order valence-electron chi connectivity index (χ3n) is 26.2. The molecule has 4 aliphatic rings. The molecule has 0 fully saturated rings. The van der Waals surface area contributed by atoms with Gasteiger partial charge in [-0.05, 0) is 265 Å². The average molecular weight is 1550 g/mol. The van der Waals surface area contributed by atoms with Gasteiger partial charge in [0.05, 0.1) is 27.6 Å². The summed E-state index contributed by atoms with van der Waals surface area (Å²) in [4.78, 5) is 4.55. The normalized spacial score (nSPS) is 13.0. The lowest BCUT2D eigenvalue weighted by molar-refractivity contribution is 0.618. The summed E-state index contributed by atoms with van der Waals surface area (Å²) in [6.45, 7) is 0. The van der Waals surface area contributed by atoms with Crippen LogP contribution in [0.3, 0.4) is 0 Å². The van der Waals surface area contributed by atoms with Crippen LogP contribution < -0.4 is 9.80 Å². The van der Waals surface area contributed by atoms with Gasteiger partial charge in [0.25, 0.3) is 0 Å². The summed E-state index contributed by atoms with van der Waals surface area (Å²) < 4.78 is 35.7. The molecule has 1 heterocycles. The number of nitrogens with zero attached hydrogens (tertiary/aromatic N) is 3. The Kier molecular flexibility index (Phi) is 15.9. The zero-order valence-corrected chi connectivity index (χ0v) is 65.7. The zero-order valence-electron chi connectivity index (χ0n) is 65.7. The highest BCUT2D eigenvalue weighted by Crippen LogP contribution is 2.67. The highest BCUT2D eigenvalue weighted by Gasteiger charge is 2.54. The predicted molar refractivity (Wildman–Crippen MR) is 495 cm³/mol. The Balaban J connectivity index is 0.544. The van der Waals surface area contributed by atoms with Crippen LogP contribution in [0, 0.1) is 11.6 Å². The molecule has 0 radical (unpaired) electrons. The number of halogens is 2. The molecule has 5 heteroatoms. The second kappa shape index (κ2) is 27.5. The van der Waals surface area contributed by atoms with Gasteiger partial charge in [0, 0.05) is 50.5 Å². The molecule has 19 aromatic carbocycles. The maximum atomic E-state index is 17.2. The van der Waals surface area contributed by atoms with E-state index in [0.29, 0.717) is 5.69 Å². The molecule has 121 heavy (non-hydrogen) atoms. The van der Waals surface area contributed by atoms with E-state index in [2.05, 4.69) is 384 Å². The van der Waals surface area contributed by atoms with Crippen molar-refractivity contribution in [2.24, 2.45) is 0 Å². The molecule has 566 valence electrons. The summed E-state index contributed by atoms with van der Waals surface area (Å²) in [6.07, 6.45) is 0. The maximum absolute atomic E-state index is 17.2. The summed E-state index contributed by atoms with van der Waals surface area (Å²) in [5.74, 6) is -0.713. The lowest BCUT2D eigenvalue weighted by atomic mass is 9.70. The standard InChI is InChI=1S/C116H73F2N3/c117-85-57-68-100-108(71-85)116(104-33-15-9-26-96(104)97-27-10-16-34-105(97)116)109-72-86(118)73-112(114(100)109)120(91-62-48-79(49-63-91)74-20-3-1-4-21-74)92-64-50-81(51-65-92)78-44-40-76(41-45-78)75-38-42-77(43-39-75)80-46-58-88(59-47-80)119(89-60-52-82(53-61-89)84-56-69-111-101(70-84)98-28-12-18-37-110(98)121(111)87-22-5-2-6-23-87)90-66-54-83(55-67-90)93-30-19-36-107-113(93)99-29-11-17-35-106(99)115(107)102-31-13-7-24-94(102)95-25-8-14-32-103(95)115/h1-73H. The Morgan fingerprint density at radius 2 is 0.529 bits per heavy atom. The van der Waals surface area contributed by atoms with Crippen LogP contribution in [0.1, 0.15) is 44.5 Å². The van der Waals surface area contributed by atoms with Crippen molar-refractivity contribution in [1.82, 2.24) is 4.57 Å². The molecular formula is C116H73F2N3. The largest absolute Gasteiger partial charge is 0.311 e. The van der Waals surface area contributed by atoms with Gasteiger partial charge in [-0.25, -0.2) is 8.78 Å². The molecule has 0 aliphatic heterocycles. The van der Waals surface area contributed by atoms with Crippen LogP contribution >= 0.6 is 0 Å². The van der Waals surface area contributed by atoms with E-state index in [1.165, 1.54) is 77.9 Å². The Morgan fingerprint density at radius 1 is 0.190 bits per heavy atom. The number of hydrogen-bond donors (Lipinski definition) is 0. The van der Waals surface area contributed by atoms with E-state index in [1.807, 2.05) is 48.5 Å². The lowest BCUT2D eigenvalue weighted by Gasteiger charge is -2.32. The van der Waals surface area contributed by atoms with Crippen LogP contribution in [0.25, 0.3) is 139 Å². The Hall–Kier alpha value is -15.6. The number of rotatable bonds is 13. The minimum atomic E-state index is -0.959. The second-order valence-electron chi connectivity index (χ2n) is 32.3. The maximum Gasteiger partial charge on any atom is 0.125 e. The Morgan fingerprint density at radius 3 is 1.02 bits per heavy atom. The van der Waals surface area contributed by atoms with Gasteiger partial charge in [0.15, 0.2) is 0 Å². The number of hydrogen-bond acceptors (Lipinski definition) is 2. The van der Waals surface area contributed by atoms with E-state index in [0.717, 1.165) is 140 Å². The van der Waals surface area contributed by atoms with Crippen molar-refractivity contribution < 1.29 is 8.78 Å². The van der Waals surface area contributed by atoms with E-state index in [9.17, 15) is 0 Å². The van der Waals surface area contributed by atoms with E-state index >= 15 is 8.78 Å². The fraction of sp³-hybridized carbons (Fsp3) is 0.0172. The van der Waals surface area contributed by atoms with Crippen molar-refractivity contribution in [3.05, 3.63) is 499 Å². The third kappa shape index (κ3) is 10.7. The van der Waals surface area contributed by atoms with Crippen LogP contribution in [-0.2, 0) is 10.8 Å². The molecule has 20 aromatic rings. The summed E-state index contributed by atoms with van der Waals surface area (Å²) >= 11 is 0. The van der Waals surface area contributed by atoms with Gasteiger partial charge < -0.3 is 14.4 Å². The second-order valence-corrected chi connectivity index (χ2v) is 32.3. The molecule has 1 aromatic heterocycles. The molecule has 3 nitrogen and oxygen atoms in total. The number of aromatic nitrogens is 1. The summed E-state index contributed by atoms with van der Waals surface area (Å²) in [6, 6.07) is 158. The molecule has 0 saturated heterocycles. The van der Waals surface area contributed by atoms with Gasteiger partial charge in [-0.3, -0.25) is 0 Å². The van der Waals surface area contributed by atoms with Crippen LogP contribution in [0.2, 0.25) is 0 Å². The van der Waals surface area contributed by atoms with Gasteiger partial charge in [0.2, 0.25) is 0 Å². The highest BCUT2D eigenvalue weighted by atomic mass is 19.1. The zero-order chi connectivity index (χ0) is 80.0. The Bertz CT molecular complexity index is 7450. The van der Waals surface area contributed by atoms with Crippen molar-refractivity contribution in [2.45, 2.75) is 10.8 Å². The summed E-state index contributed by atoms with van der Waals surface area (Å²) in [5, 5.41) is 2.45. The van der Waals surface area contributed by atoms with Gasteiger partial charge >= 0.3 is 0 Å². The molecule has 2 spiro atoms. The highest BCUT2D eigenvalue weighted by molar-refractivity contribution is 6.11. The van der Waals surface area contributed by atoms with Crippen LogP contribution in [0.5, 0.6) is 0 Å². The molecule has 4 aliphatic carbocycles. The summed E-state index contributed by atoms with van der Waals surface area (Å²) in [5.41, 5.74) is 39.0. The van der Waals surface area contributed by atoms with Crippen molar-refractivity contribution in [3.63, 3.8) is 0 Å². The first-order chi connectivity index (χ1) is 59.8. The molecule has 0 atom stereocenters. The van der Waals surface area contributed by atoms with Gasteiger partial charge in [-0.2, -0.15) is 0 Å². The van der Waals surface area contributed by atoms with Crippen LogP contribution in [0.4, 0.5) is 42.9 Å². The minimum absolute atomic E-state index is 0.338. The van der Waals surface area contributed by atoms with E-state index in [1.54, 1.807) is 18.2 Å². The molecule has 0 saturated carbocycles. The molecule has 0 N–H and O–H groups in total. The number of anilines is 6. The van der Waals surface area contributed by atoms with Crippen molar-refractivity contribution in [2.75, 3.05) is 9.80 Å². The fourth-order valence-electron chi connectivity index (χ4n) is 21.0. The first kappa shape index (κ1) is 69.7. The van der Waals surface area contributed by atoms with Gasteiger partial charge in [-0.15, -0.1) is 0 Å². The number of benzene rings is 19. The third-order valence-corrected chi connectivity index (χ3v) is 26.2. The first-order valence-electron chi connectivity index (χ1n) is 41.6. The number of fused-ring (bicyclic) bond motifs is 23. The molecule has 0 bridgehead atoms. The summed E-state index contributed by atoms with van der Waals surface area (Å²) in [7, 11) is 0. The fourth-order valence-corrected chi connectivity index (χ4v) is 21.0. The molecule has 0 amide bonds. The van der Waals surface area contributed by atoms with Crippen LogP contribution in [-0.4, -0.2) is 4.57 Å². The topological polar surface area (TPSA) is 11.4 Å². The SMILES string of the molecule is Fc1ccc2c(c1)C1(c3ccccc3-c3ccccc31)c1cc(F)cc(N(c3ccc(-c4ccccc4)cc3)c3ccc(-c4ccc(-c5ccc(-c6ccc(N(c7ccc(-c8ccc9c(c8)c8ccccc8n9-c8ccccc8)cc7)c7ccc(-c8cccc9c8-c8ccccc8C98c9ccccc9-c9ccccc98)cc7)cc6)cc5)cc4)cc3)c1-2. The van der Waals surface area contributed by atoms with Gasteiger partial charge in [0.1, 0.15) is 11.6 Å². The molecule has 24 rings (SSSR count). The van der Waals surface area contributed by atoms with E-state index in [-0.39, 0.29) is 11.6 Å². The van der Waals surface area contributed by atoms with Crippen molar-refractivity contribution in [1.29, 1.82) is 0 Å². The predicted octanol–water partition coefficient (Wildman–Crippen LogP) is 30.7. The monoisotopic (exact) mass is 1550 g/mol. The Labute approximate surface area is 701 Å². The van der Waals surface area contributed by atoms with Crippen molar-refractivity contribution in [3.8, 4) is 117 Å². The first-order valence-corrected chi connectivity index (χ1v) is 41.6. The van der Waals surface area contributed by atoms with Crippen LogP contribution in [0.15, 0.2) is 443 Å². The van der Waals surface area contributed by atoms with Gasteiger partial charge in [-0.1, -0.05) is 328 Å². The number of para-hydroxylation sites is 2.